The van der Waals surface area contributed by atoms with E-state index in [9.17, 15) is 19.5 Å². The number of hydrogen-bond acceptors (Lipinski definition) is 5. The third-order valence-corrected chi connectivity index (χ3v) is 4.30. The summed E-state index contributed by atoms with van der Waals surface area (Å²) < 4.78 is 5.14. The summed E-state index contributed by atoms with van der Waals surface area (Å²) >= 11 is 1.28. The van der Waals surface area contributed by atoms with Crippen molar-refractivity contribution >= 4 is 29.1 Å². The molecule has 0 aliphatic carbocycles. The fraction of sp³-hybridized carbons (Fsp3) is 0.462. The van der Waals surface area contributed by atoms with Crippen LogP contribution in [0, 0.1) is 5.41 Å². The molecule has 0 saturated carbocycles. The normalized spacial score (nSPS) is 24.5. The van der Waals surface area contributed by atoms with Crippen LogP contribution in [0.3, 0.4) is 0 Å². The molecule has 0 bridgehead atoms. The molecule has 3 N–H and O–H groups in total. The van der Waals surface area contributed by atoms with Crippen molar-refractivity contribution in [3.05, 3.63) is 22.4 Å². The van der Waals surface area contributed by atoms with Crippen LogP contribution >= 0.6 is 11.3 Å². The lowest BCUT2D eigenvalue weighted by molar-refractivity contribution is -0.149. The van der Waals surface area contributed by atoms with Crippen molar-refractivity contribution in [2.75, 3.05) is 19.8 Å². The summed E-state index contributed by atoms with van der Waals surface area (Å²) in [5.74, 6) is -1.79. The van der Waals surface area contributed by atoms with Gasteiger partial charge in [0, 0.05) is 0 Å². The van der Waals surface area contributed by atoms with E-state index in [2.05, 4.69) is 10.6 Å². The molecular weight excluding hydrogens is 296 g/mol. The van der Waals surface area contributed by atoms with Crippen LogP contribution in [-0.4, -0.2) is 48.7 Å². The first-order chi connectivity index (χ1) is 9.93. The maximum absolute atomic E-state index is 11.8. The first-order valence-electron chi connectivity index (χ1n) is 6.35. The van der Waals surface area contributed by atoms with Crippen molar-refractivity contribution in [2.45, 2.75) is 13.0 Å². The molecule has 2 heterocycles. The van der Waals surface area contributed by atoms with Crippen molar-refractivity contribution in [2.24, 2.45) is 5.41 Å². The van der Waals surface area contributed by atoms with Crippen molar-refractivity contribution < 1.29 is 24.2 Å². The minimum absolute atomic E-state index is 0.0504. The Balaban J connectivity index is 1.85. The van der Waals surface area contributed by atoms with Gasteiger partial charge in [-0.05, 0) is 18.4 Å². The molecule has 114 valence electrons. The third kappa shape index (κ3) is 3.40. The van der Waals surface area contributed by atoms with Crippen LogP contribution < -0.4 is 10.6 Å². The highest BCUT2D eigenvalue weighted by atomic mass is 32.1. The van der Waals surface area contributed by atoms with E-state index in [4.69, 9.17) is 4.74 Å². The fourth-order valence-electron chi connectivity index (χ4n) is 1.99. The van der Waals surface area contributed by atoms with Crippen molar-refractivity contribution in [3.8, 4) is 0 Å². The number of rotatable bonds is 5. The van der Waals surface area contributed by atoms with Gasteiger partial charge in [0.15, 0.2) is 0 Å². The summed E-state index contributed by atoms with van der Waals surface area (Å²) in [5.41, 5.74) is -1.15. The predicted molar refractivity (Wildman–Crippen MR) is 75.1 cm³/mol. The van der Waals surface area contributed by atoms with Gasteiger partial charge in [-0.3, -0.25) is 14.4 Å². The average molecular weight is 312 g/mol. The van der Waals surface area contributed by atoms with Gasteiger partial charge in [-0.15, -0.1) is 11.3 Å². The third-order valence-electron chi connectivity index (χ3n) is 3.43. The Morgan fingerprint density at radius 3 is 2.90 bits per heavy atom. The molecule has 1 aromatic heterocycles. The Labute approximate surface area is 125 Å². The largest absolute Gasteiger partial charge is 0.481 e. The van der Waals surface area contributed by atoms with E-state index in [-0.39, 0.29) is 25.7 Å². The Bertz CT molecular complexity index is 545. The standard InChI is InChI=1S/C13H16N2O5S/c1-13(12(18)19)7-20-6-9(13)15-10(16)5-14-11(17)8-3-2-4-21-8/h2-4,9H,5-7H2,1H3,(H,14,17)(H,15,16)(H,18,19). The second-order valence-corrected chi connectivity index (χ2v) is 5.97. The molecule has 1 aromatic rings. The summed E-state index contributed by atoms with van der Waals surface area (Å²) in [7, 11) is 0. The zero-order valence-corrected chi connectivity index (χ0v) is 12.2. The molecule has 1 saturated heterocycles. The summed E-state index contributed by atoms with van der Waals surface area (Å²) in [5, 5.41) is 16.0. The zero-order chi connectivity index (χ0) is 15.5. The van der Waals surface area contributed by atoms with Gasteiger partial charge in [0.1, 0.15) is 5.41 Å². The lowest BCUT2D eigenvalue weighted by Gasteiger charge is -2.25. The van der Waals surface area contributed by atoms with E-state index in [0.29, 0.717) is 4.88 Å². The quantitative estimate of drug-likeness (QED) is 0.714. The van der Waals surface area contributed by atoms with Crippen molar-refractivity contribution in [1.82, 2.24) is 10.6 Å². The molecule has 1 aliphatic rings. The van der Waals surface area contributed by atoms with Gasteiger partial charge in [-0.1, -0.05) is 6.07 Å². The summed E-state index contributed by atoms with van der Waals surface area (Å²) in [6.45, 7) is 1.52. The molecule has 2 unspecified atom stereocenters. The molecule has 0 radical (unpaired) electrons. The molecular formula is C13H16N2O5S. The maximum Gasteiger partial charge on any atom is 0.313 e. The molecule has 1 aliphatic heterocycles. The molecule has 21 heavy (non-hydrogen) atoms. The number of hydrogen-bond donors (Lipinski definition) is 3. The first kappa shape index (κ1) is 15.5. The molecule has 2 rings (SSSR count). The number of carboxylic acid groups (broad SMARTS) is 1. The monoisotopic (exact) mass is 312 g/mol. The van der Waals surface area contributed by atoms with E-state index < -0.39 is 23.3 Å². The van der Waals surface area contributed by atoms with E-state index in [1.54, 1.807) is 17.5 Å². The van der Waals surface area contributed by atoms with Gasteiger partial charge in [-0.2, -0.15) is 0 Å². The van der Waals surface area contributed by atoms with Gasteiger partial charge < -0.3 is 20.5 Å². The molecule has 8 heteroatoms. The van der Waals surface area contributed by atoms with Gasteiger partial charge in [0.05, 0.1) is 30.7 Å². The maximum atomic E-state index is 11.8. The van der Waals surface area contributed by atoms with Crippen molar-refractivity contribution in [3.63, 3.8) is 0 Å². The lowest BCUT2D eigenvalue weighted by Crippen LogP contribution is -2.51. The molecule has 2 atom stereocenters. The zero-order valence-electron chi connectivity index (χ0n) is 11.4. The number of amides is 2. The number of carboxylic acids is 1. The van der Waals surface area contributed by atoms with Crippen LogP contribution in [0.15, 0.2) is 17.5 Å². The lowest BCUT2D eigenvalue weighted by atomic mass is 9.85. The van der Waals surface area contributed by atoms with E-state index in [1.165, 1.54) is 18.3 Å². The number of thiophene rings is 1. The van der Waals surface area contributed by atoms with Crippen LogP contribution in [0.5, 0.6) is 0 Å². The van der Waals surface area contributed by atoms with Gasteiger partial charge in [-0.25, -0.2) is 0 Å². The van der Waals surface area contributed by atoms with Gasteiger partial charge in [0.2, 0.25) is 5.91 Å². The average Bonchev–Trinajstić information content (AvgIpc) is 3.07. The van der Waals surface area contributed by atoms with Gasteiger partial charge in [0.25, 0.3) is 5.91 Å². The summed E-state index contributed by atoms with van der Waals surface area (Å²) in [6, 6.07) is 2.79. The van der Waals surface area contributed by atoms with E-state index >= 15 is 0 Å². The highest BCUT2D eigenvalue weighted by molar-refractivity contribution is 7.12. The number of carbonyl (C=O) groups excluding carboxylic acids is 2. The summed E-state index contributed by atoms with van der Waals surface area (Å²) in [4.78, 5) is 35.2. The van der Waals surface area contributed by atoms with Crippen LogP contribution in [0.1, 0.15) is 16.6 Å². The molecule has 0 aromatic carbocycles. The fourth-order valence-corrected chi connectivity index (χ4v) is 2.63. The minimum atomic E-state index is -1.15. The minimum Gasteiger partial charge on any atom is -0.481 e. The van der Waals surface area contributed by atoms with E-state index in [0.717, 1.165) is 0 Å². The van der Waals surface area contributed by atoms with Crippen LogP contribution in [0.2, 0.25) is 0 Å². The van der Waals surface area contributed by atoms with Crippen molar-refractivity contribution in [1.29, 1.82) is 0 Å². The Morgan fingerprint density at radius 2 is 2.29 bits per heavy atom. The smallest absolute Gasteiger partial charge is 0.313 e. The van der Waals surface area contributed by atoms with Gasteiger partial charge >= 0.3 is 5.97 Å². The van der Waals surface area contributed by atoms with E-state index in [1.807, 2.05) is 0 Å². The number of nitrogens with one attached hydrogen (secondary N) is 2. The Hall–Kier alpha value is -1.93. The first-order valence-corrected chi connectivity index (χ1v) is 7.23. The van der Waals surface area contributed by atoms with Crippen LogP contribution in [0.4, 0.5) is 0 Å². The molecule has 7 nitrogen and oxygen atoms in total. The highest BCUT2D eigenvalue weighted by Gasteiger charge is 2.47. The summed E-state index contributed by atoms with van der Waals surface area (Å²) in [6.07, 6.45) is 0. The SMILES string of the molecule is CC1(C(=O)O)COCC1NC(=O)CNC(=O)c1cccs1. The second kappa shape index (κ2) is 6.23. The Kier molecular flexibility index (Phi) is 4.59. The second-order valence-electron chi connectivity index (χ2n) is 5.02. The number of ether oxygens (including phenoxy) is 1. The molecule has 2 amide bonds. The Morgan fingerprint density at radius 1 is 1.52 bits per heavy atom. The molecule has 0 spiro atoms. The molecule has 1 fully saturated rings. The van der Waals surface area contributed by atoms with Crippen LogP contribution in [0.25, 0.3) is 0 Å². The van der Waals surface area contributed by atoms with Crippen LogP contribution in [-0.2, 0) is 14.3 Å². The number of carbonyl (C=O) groups is 3. The topological polar surface area (TPSA) is 105 Å². The predicted octanol–water partition coefficient (Wildman–Crippen LogP) is 0.0838. The number of aliphatic carboxylic acids is 1. The highest BCUT2D eigenvalue weighted by Crippen LogP contribution is 2.28.